The van der Waals surface area contributed by atoms with Crippen LogP contribution < -0.4 is 5.32 Å². The number of nitrogens with one attached hydrogen (secondary N) is 1. The Balaban J connectivity index is 2.60. The molecule has 1 rings (SSSR count). The molecule has 0 saturated carbocycles. The van der Waals surface area contributed by atoms with Crippen molar-refractivity contribution in [2.75, 3.05) is 20.3 Å². The number of aromatic hydroxyl groups is 2. The van der Waals surface area contributed by atoms with Crippen molar-refractivity contribution in [1.29, 1.82) is 0 Å². The maximum Gasteiger partial charge on any atom is 0.251 e. The Morgan fingerprint density at radius 2 is 1.89 bits per heavy atom. The summed E-state index contributed by atoms with van der Waals surface area (Å²) >= 11 is 0. The highest BCUT2D eigenvalue weighted by molar-refractivity contribution is 5.95. The van der Waals surface area contributed by atoms with Crippen molar-refractivity contribution in [3.63, 3.8) is 0 Å². The molecule has 0 aliphatic carbocycles. The van der Waals surface area contributed by atoms with E-state index in [4.69, 9.17) is 4.74 Å². The van der Waals surface area contributed by atoms with Gasteiger partial charge in [0.2, 0.25) is 0 Å². The molecule has 1 atom stereocenters. The van der Waals surface area contributed by atoms with Crippen molar-refractivity contribution in [2.45, 2.75) is 18.9 Å². The summed E-state index contributed by atoms with van der Waals surface area (Å²) in [5, 5.41) is 31.1. The summed E-state index contributed by atoms with van der Waals surface area (Å²) in [6, 6.07) is 3.60. The Bertz CT molecular complexity index is 424. The monoisotopic (exact) mass is 269 g/mol. The molecule has 0 heterocycles. The number of benzene rings is 1. The third-order valence-corrected chi connectivity index (χ3v) is 2.64. The zero-order valence-electron chi connectivity index (χ0n) is 11.0. The molecule has 6 heteroatoms. The summed E-state index contributed by atoms with van der Waals surface area (Å²) in [4.78, 5) is 11.8. The molecule has 1 unspecified atom stereocenters. The predicted molar refractivity (Wildman–Crippen MR) is 69.2 cm³/mol. The van der Waals surface area contributed by atoms with Gasteiger partial charge in [0.25, 0.3) is 5.91 Å². The Labute approximate surface area is 111 Å². The molecule has 0 bridgehead atoms. The average Bonchev–Trinajstić information content (AvgIpc) is 2.32. The van der Waals surface area contributed by atoms with Gasteiger partial charge in [-0.05, 0) is 19.1 Å². The van der Waals surface area contributed by atoms with Gasteiger partial charge in [0.1, 0.15) is 11.5 Å². The van der Waals surface area contributed by atoms with Gasteiger partial charge in [-0.2, -0.15) is 0 Å². The fraction of sp³-hybridized carbons (Fsp3) is 0.462. The quantitative estimate of drug-likeness (QED) is 0.606. The van der Waals surface area contributed by atoms with Gasteiger partial charge < -0.3 is 25.4 Å². The number of rotatable bonds is 6. The normalized spacial score (nSPS) is 13.8. The smallest absolute Gasteiger partial charge is 0.251 e. The Hall–Kier alpha value is -1.79. The van der Waals surface area contributed by atoms with Gasteiger partial charge in [0.15, 0.2) is 0 Å². The lowest BCUT2D eigenvalue weighted by Crippen LogP contribution is -2.41. The second-order valence-corrected chi connectivity index (χ2v) is 4.66. The van der Waals surface area contributed by atoms with Crippen molar-refractivity contribution in [3.8, 4) is 11.5 Å². The second kappa shape index (κ2) is 6.40. The molecule has 1 amide bonds. The number of hydrogen-bond donors (Lipinski definition) is 4. The molecular formula is C13H19NO5. The number of hydrogen-bond acceptors (Lipinski definition) is 5. The van der Waals surface area contributed by atoms with E-state index < -0.39 is 11.5 Å². The van der Waals surface area contributed by atoms with Crippen LogP contribution in [0.15, 0.2) is 18.2 Å². The molecule has 0 saturated heterocycles. The number of methoxy groups -OCH3 is 1. The van der Waals surface area contributed by atoms with E-state index in [2.05, 4.69) is 5.32 Å². The molecule has 0 fully saturated rings. The number of ether oxygens (including phenoxy) is 1. The highest BCUT2D eigenvalue weighted by Crippen LogP contribution is 2.20. The summed E-state index contributed by atoms with van der Waals surface area (Å²) in [6.45, 7) is 2.02. The minimum absolute atomic E-state index is 0.0472. The maximum absolute atomic E-state index is 11.8. The van der Waals surface area contributed by atoms with E-state index in [0.717, 1.165) is 6.07 Å². The standard InChI is InChI=1S/C13H19NO5/c1-13(18,3-4-19-2)8-14-12(17)9-5-10(15)7-11(16)6-9/h5-7,15-16,18H,3-4,8H2,1-2H3,(H,14,17). The maximum atomic E-state index is 11.8. The summed E-state index contributed by atoms with van der Waals surface area (Å²) in [6.07, 6.45) is 0.384. The number of carbonyl (C=O) groups excluding carboxylic acids is 1. The van der Waals surface area contributed by atoms with E-state index in [-0.39, 0.29) is 23.6 Å². The van der Waals surface area contributed by atoms with Crippen LogP contribution in [0.4, 0.5) is 0 Å². The minimum Gasteiger partial charge on any atom is -0.508 e. The number of phenolic OH excluding ortho intramolecular Hbond substituents is 2. The number of carbonyl (C=O) groups is 1. The topological polar surface area (TPSA) is 99.0 Å². The van der Waals surface area contributed by atoms with Crippen LogP contribution in [0.25, 0.3) is 0 Å². The van der Waals surface area contributed by atoms with E-state index in [0.29, 0.717) is 13.0 Å². The molecule has 4 N–H and O–H groups in total. The van der Waals surface area contributed by atoms with Crippen molar-refractivity contribution in [1.82, 2.24) is 5.32 Å². The first-order valence-electron chi connectivity index (χ1n) is 5.86. The summed E-state index contributed by atoms with van der Waals surface area (Å²) < 4.78 is 4.86. The number of aliphatic hydroxyl groups is 1. The fourth-order valence-electron chi connectivity index (χ4n) is 1.51. The van der Waals surface area contributed by atoms with Crippen LogP contribution in [0, 0.1) is 0 Å². The Morgan fingerprint density at radius 3 is 2.42 bits per heavy atom. The van der Waals surface area contributed by atoms with Crippen LogP contribution in [0.5, 0.6) is 11.5 Å². The SMILES string of the molecule is COCCC(C)(O)CNC(=O)c1cc(O)cc(O)c1. The van der Waals surface area contributed by atoms with Gasteiger partial charge in [-0.3, -0.25) is 4.79 Å². The van der Waals surface area contributed by atoms with Crippen molar-refractivity contribution in [3.05, 3.63) is 23.8 Å². The largest absolute Gasteiger partial charge is 0.508 e. The lowest BCUT2D eigenvalue weighted by atomic mass is 10.0. The third kappa shape index (κ3) is 5.15. The lowest BCUT2D eigenvalue weighted by Gasteiger charge is -2.23. The van der Waals surface area contributed by atoms with Gasteiger partial charge in [-0.15, -0.1) is 0 Å². The molecule has 6 nitrogen and oxygen atoms in total. The summed E-state index contributed by atoms with van der Waals surface area (Å²) in [5.41, 5.74) is -0.954. The molecule has 1 aromatic carbocycles. The first kappa shape index (κ1) is 15.3. The number of amides is 1. The minimum atomic E-state index is -1.08. The van der Waals surface area contributed by atoms with E-state index in [1.807, 2.05) is 0 Å². The third-order valence-electron chi connectivity index (χ3n) is 2.64. The fourth-order valence-corrected chi connectivity index (χ4v) is 1.51. The van der Waals surface area contributed by atoms with Crippen molar-refractivity contribution >= 4 is 5.91 Å². The van der Waals surface area contributed by atoms with Gasteiger partial charge in [0.05, 0.1) is 5.60 Å². The van der Waals surface area contributed by atoms with Gasteiger partial charge >= 0.3 is 0 Å². The van der Waals surface area contributed by atoms with Crippen LogP contribution in [0.3, 0.4) is 0 Å². The molecule has 106 valence electrons. The van der Waals surface area contributed by atoms with Crippen molar-refractivity contribution < 1.29 is 24.9 Å². The Kier molecular flexibility index (Phi) is 5.14. The first-order valence-corrected chi connectivity index (χ1v) is 5.86. The molecular weight excluding hydrogens is 250 g/mol. The summed E-state index contributed by atoms with van der Waals surface area (Å²) in [5.74, 6) is -0.878. The van der Waals surface area contributed by atoms with Crippen LogP contribution >= 0.6 is 0 Å². The lowest BCUT2D eigenvalue weighted by molar-refractivity contribution is 0.0243. The molecule has 0 aromatic heterocycles. The van der Waals surface area contributed by atoms with E-state index in [9.17, 15) is 20.1 Å². The highest BCUT2D eigenvalue weighted by Gasteiger charge is 2.21. The van der Waals surface area contributed by atoms with Crippen LogP contribution in [-0.2, 0) is 4.74 Å². The van der Waals surface area contributed by atoms with Crippen molar-refractivity contribution in [2.24, 2.45) is 0 Å². The van der Waals surface area contributed by atoms with Crippen LogP contribution in [0.2, 0.25) is 0 Å². The zero-order valence-corrected chi connectivity index (χ0v) is 11.0. The first-order chi connectivity index (χ1) is 8.84. The highest BCUT2D eigenvalue weighted by atomic mass is 16.5. The molecule has 0 aliphatic heterocycles. The zero-order chi connectivity index (χ0) is 14.5. The number of phenols is 2. The molecule has 0 aliphatic rings. The van der Waals surface area contributed by atoms with Crippen LogP contribution in [0.1, 0.15) is 23.7 Å². The van der Waals surface area contributed by atoms with Gasteiger partial charge in [-0.1, -0.05) is 0 Å². The summed E-state index contributed by atoms with van der Waals surface area (Å²) in [7, 11) is 1.53. The van der Waals surface area contributed by atoms with Gasteiger partial charge in [-0.25, -0.2) is 0 Å². The molecule has 19 heavy (non-hydrogen) atoms. The van der Waals surface area contributed by atoms with E-state index in [1.54, 1.807) is 6.92 Å². The predicted octanol–water partition coefficient (Wildman–Crippen LogP) is 0.615. The van der Waals surface area contributed by atoms with E-state index >= 15 is 0 Å². The average molecular weight is 269 g/mol. The van der Waals surface area contributed by atoms with Gasteiger partial charge in [0, 0.05) is 38.3 Å². The molecule has 1 aromatic rings. The second-order valence-electron chi connectivity index (χ2n) is 4.66. The molecule has 0 radical (unpaired) electrons. The Morgan fingerprint density at radius 1 is 1.32 bits per heavy atom. The molecule has 0 spiro atoms. The van der Waals surface area contributed by atoms with E-state index in [1.165, 1.54) is 19.2 Å². The van der Waals surface area contributed by atoms with Crippen LogP contribution in [-0.4, -0.2) is 47.1 Å².